The molecule has 1 aliphatic heterocycles. The summed E-state index contributed by atoms with van der Waals surface area (Å²) in [5.41, 5.74) is 0.682. The number of rotatable bonds is 5. The minimum absolute atomic E-state index is 0.444. The lowest BCUT2D eigenvalue weighted by molar-refractivity contribution is -0.165. The zero-order chi connectivity index (χ0) is 13.7. The highest BCUT2D eigenvalue weighted by molar-refractivity contribution is 9.10. The molecule has 4 heteroatoms. The Hall–Kier alpha value is -0.420. The fourth-order valence-corrected chi connectivity index (χ4v) is 2.87. The molecular formula is C15H21BrO3. The summed E-state index contributed by atoms with van der Waals surface area (Å²) >= 11 is 3.42. The third-order valence-electron chi connectivity index (χ3n) is 3.72. The maximum atomic E-state index is 10.6. The molecule has 19 heavy (non-hydrogen) atoms. The highest BCUT2D eigenvalue weighted by atomic mass is 79.9. The SMILES string of the molecule is CCOC1(C(O)Cc2ccc(Br)cc2)CCOCC1. The summed E-state index contributed by atoms with van der Waals surface area (Å²) in [6.07, 6.45) is 1.65. The number of benzene rings is 1. The Morgan fingerprint density at radius 2 is 1.95 bits per heavy atom. The van der Waals surface area contributed by atoms with Crippen LogP contribution in [0.3, 0.4) is 0 Å². The first-order chi connectivity index (χ1) is 9.16. The second-order valence-corrected chi connectivity index (χ2v) is 5.87. The molecule has 1 aromatic carbocycles. The number of hydrogen-bond donors (Lipinski definition) is 1. The molecule has 3 nitrogen and oxygen atoms in total. The Morgan fingerprint density at radius 1 is 1.32 bits per heavy atom. The van der Waals surface area contributed by atoms with Crippen LogP contribution in [0.5, 0.6) is 0 Å². The molecule has 1 aromatic rings. The van der Waals surface area contributed by atoms with E-state index in [2.05, 4.69) is 15.9 Å². The standard InChI is InChI=1S/C15H21BrO3/c1-2-19-15(7-9-18-10-8-15)14(17)11-12-3-5-13(16)6-4-12/h3-6,14,17H,2,7-11H2,1H3. The topological polar surface area (TPSA) is 38.7 Å². The molecule has 0 spiro atoms. The number of ether oxygens (including phenoxy) is 2. The van der Waals surface area contributed by atoms with Gasteiger partial charge in [0.25, 0.3) is 0 Å². The summed E-state index contributed by atoms with van der Waals surface area (Å²) < 4.78 is 12.3. The van der Waals surface area contributed by atoms with Gasteiger partial charge in [-0.05, 0) is 24.6 Å². The molecule has 1 atom stereocenters. The zero-order valence-electron chi connectivity index (χ0n) is 11.3. The molecule has 1 fully saturated rings. The molecule has 106 valence electrons. The van der Waals surface area contributed by atoms with Crippen LogP contribution in [0.1, 0.15) is 25.3 Å². The average molecular weight is 329 g/mol. The summed E-state index contributed by atoms with van der Waals surface area (Å²) in [6.45, 7) is 3.93. The monoisotopic (exact) mass is 328 g/mol. The summed E-state index contributed by atoms with van der Waals surface area (Å²) in [7, 11) is 0. The predicted molar refractivity (Wildman–Crippen MR) is 78.3 cm³/mol. The van der Waals surface area contributed by atoms with Crippen LogP contribution in [0.2, 0.25) is 0 Å². The first-order valence-corrected chi connectivity index (χ1v) is 7.60. The van der Waals surface area contributed by atoms with Crippen molar-refractivity contribution in [3.8, 4) is 0 Å². The minimum Gasteiger partial charge on any atom is -0.390 e. The smallest absolute Gasteiger partial charge is 0.0987 e. The average Bonchev–Trinajstić information content (AvgIpc) is 2.43. The minimum atomic E-state index is -0.488. The summed E-state index contributed by atoms with van der Waals surface area (Å²) in [6, 6.07) is 8.07. The van der Waals surface area contributed by atoms with Gasteiger partial charge in [0.15, 0.2) is 0 Å². The van der Waals surface area contributed by atoms with Crippen molar-refractivity contribution >= 4 is 15.9 Å². The maximum Gasteiger partial charge on any atom is 0.0987 e. The molecular weight excluding hydrogens is 308 g/mol. The van der Waals surface area contributed by atoms with E-state index in [9.17, 15) is 5.11 Å². The molecule has 1 N–H and O–H groups in total. The number of hydrogen-bond acceptors (Lipinski definition) is 3. The third kappa shape index (κ3) is 3.78. The summed E-state index contributed by atoms with van der Waals surface area (Å²) in [5, 5.41) is 10.6. The van der Waals surface area contributed by atoms with Crippen LogP contribution in [-0.2, 0) is 15.9 Å². The lowest BCUT2D eigenvalue weighted by Crippen LogP contribution is -2.50. The van der Waals surface area contributed by atoms with Crippen LogP contribution < -0.4 is 0 Å². The van der Waals surface area contributed by atoms with Gasteiger partial charge in [0.2, 0.25) is 0 Å². The van der Waals surface area contributed by atoms with Crippen molar-refractivity contribution in [3.63, 3.8) is 0 Å². The Kier molecular flexibility index (Phi) is 5.39. The Balaban J connectivity index is 2.06. The van der Waals surface area contributed by atoms with E-state index in [0.29, 0.717) is 26.2 Å². The Bertz CT molecular complexity index is 379. The van der Waals surface area contributed by atoms with Gasteiger partial charge in [-0.2, -0.15) is 0 Å². The van der Waals surface area contributed by atoms with Crippen molar-refractivity contribution in [1.29, 1.82) is 0 Å². The van der Waals surface area contributed by atoms with E-state index < -0.39 is 11.7 Å². The van der Waals surface area contributed by atoms with Gasteiger partial charge in [-0.3, -0.25) is 0 Å². The number of aliphatic hydroxyl groups is 1. The van der Waals surface area contributed by atoms with Crippen molar-refractivity contribution in [2.45, 2.75) is 37.9 Å². The molecule has 1 saturated heterocycles. The second-order valence-electron chi connectivity index (χ2n) is 4.96. The van der Waals surface area contributed by atoms with Gasteiger partial charge in [0.1, 0.15) is 0 Å². The van der Waals surface area contributed by atoms with E-state index in [1.54, 1.807) is 0 Å². The van der Waals surface area contributed by atoms with Crippen molar-refractivity contribution in [2.24, 2.45) is 0 Å². The lowest BCUT2D eigenvalue weighted by atomic mass is 9.84. The van der Waals surface area contributed by atoms with Crippen molar-refractivity contribution in [1.82, 2.24) is 0 Å². The first kappa shape index (κ1) is 15.0. The van der Waals surface area contributed by atoms with Gasteiger partial charge < -0.3 is 14.6 Å². The van der Waals surface area contributed by atoms with E-state index in [-0.39, 0.29) is 0 Å². The van der Waals surface area contributed by atoms with Gasteiger partial charge in [0, 0.05) is 43.6 Å². The maximum absolute atomic E-state index is 10.6. The fourth-order valence-electron chi connectivity index (χ4n) is 2.61. The van der Waals surface area contributed by atoms with E-state index in [4.69, 9.17) is 9.47 Å². The van der Waals surface area contributed by atoms with E-state index >= 15 is 0 Å². The van der Waals surface area contributed by atoms with Crippen LogP contribution in [0.15, 0.2) is 28.7 Å². The van der Waals surface area contributed by atoms with Crippen molar-refractivity contribution in [2.75, 3.05) is 19.8 Å². The molecule has 1 unspecified atom stereocenters. The normalized spacial score (nSPS) is 20.2. The Labute approximate surface area is 123 Å². The third-order valence-corrected chi connectivity index (χ3v) is 4.25. The number of halogens is 1. The predicted octanol–water partition coefficient (Wildman–Crippen LogP) is 2.94. The van der Waals surface area contributed by atoms with Gasteiger partial charge in [-0.1, -0.05) is 28.1 Å². The summed E-state index contributed by atoms with van der Waals surface area (Å²) in [5.74, 6) is 0. The van der Waals surface area contributed by atoms with Gasteiger partial charge in [0.05, 0.1) is 11.7 Å². The van der Waals surface area contributed by atoms with Crippen LogP contribution in [-0.4, -0.2) is 36.6 Å². The van der Waals surface area contributed by atoms with Gasteiger partial charge >= 0.3 is 0 Å². The van der Waals surface area contributed by atoms with Gasteiger partial charge in [-0.25, -0.2) is 0 Å². The molecule has 1 aliphatic rings. The number of aliphatic hydroxyl groups excluding tert-OH is 1. The molecule has 0 saturated carbocycles. The van der Waals surface area contributed by atoms with Gasteiger partial charge in [-0.15, -0.1) is 0 Å². The second kappa shape index (κ2) is 6.84. The molecule has 0 aliphatic carbocycles. The quantitative estimate of drug-likeness (QED) is 0.903. The van der Waals surface area contributed by atoms with E-state index in [1.807, 2.05) is 31.2 Å². The largest absolute Gasteiger partial charge is 0.390 e. The first-order valence-electron chi connectivity index (χ1n) is 6.80. The van der Waals surface area contributed by atoms with E-state index in [1.165, 1.54) is 0 Å². The highest BCUT2D eigenvalue weighted by Crippen LogP contribution is 2.31. The fraction of sp³-hybridized carbons (Fsp3) is 0.600. The van der Waals surface area contributed by atoms with Crippen LogP contribution in [0.4, 0.5) is 0 Å². The van der Waals surface area contributed by atoms with Crippen LogP contribution in [0.25, 0.3) is 0 Å². The van der Waals surface area contributed by atoms with E-state index in [0.717, 1.165) is 22.9 Å². The summed E-state index contributed by atoms with van der Waals surface area (Å²) in [4.78, 5) is 0. The zero-order valence-corrected chi connectivity index (χ0v) is 12.9. The van der Waals surface area contributed by atoms with Crippen LogP contribution in [0, 0.1) is 0 Å². The molecule has 1 heterocycles. The molecule has 0 bridgehead atoms. The van der Waals surface area contributed by atoms with Crippen molar-refractivity contribution in [3.05, 3.63) is 34.3 Å². The van der Waals surface area contributed by atoms with Crippen molar-refractivity contribution < 1.29 is 14.6 Å². The molecule has 0 aromatic heterocycles. The molecule has 2 rings (SSSR count). The Morgan fingerprint density at radius 3 is 2.53 bits per heavy atom. The lowest BCUT2D eigenvalue weighted by Gasteiger charge is -2.40. The highest BCUT2D eigenvalue weighted by Gasteiger charge is 2.40. The molecule has 0 radical (unpaired) electrons. The molecule has 0 amide bonds. The van der Waals surface area contributed by atoms with Crippen LogP contribution >= 0.6 is 15.9 Å².